The summed E-state index contributed by atoms with van der Waals surface area (Å²) < 4.78 is 30.2. The second kappa shape index (κ2) is 4.79. The second-order valence-corrected chi connectivity index (χ2v) is 6.47. The summed E-state index contributed by atoms with van der Waals surface area (Å²) in [7, 11) is 0. The van der Waals surface area contributed by atoms with Crippen LogP contribution in [0.15, 0.2) is 67.0 Å². The lowest BCUT2D eigenvalue weighted by Crippen LogP contribution is -2.33. The standard InChI is InChI=1S/C21H16N5/c1-24-19-16(10-6-12-23-19)18-21(24)25-13-14-7-5-11-22-17(14)20(25)26(18)15-8-3-2-4-9-15/h2-12H,13H2,1H3/q+1/i1D3. The van der Waals surface area contributed by atoms with E-state index in [1.807, 2.05) is 59.2 Å². The Labute approximate surface area is 154 Å². The highest BCUT2D eigenvalue weighted by atomic mass is 15.3. The van der Waals surface area contributed by atoms with E-state index in [0.29, 0.717) is 17.8 Å². The molecule has 0 spiro atoms. The minimum atomic E-state index is -2.36. The number of hydrogen-bond acceptors (Lipinski definition) is 2. The van der Waals surface area contributed by atoms with Gasteiger partial charge in [-0.2, -0.15) is 0 Å². The first-order valence-corrected chi connectivity index (χ1v) is 8.49. The van der Waals surface area contributed by atoms with Crippen molar-refractivity contribution in [2.45, 2.75) is 6.54 Å². The van der Waals surface area contributed by atoms with E-state index in [0.717, 1.165) is 33.7 Å². The molecule has 1 aromatic carbocycles. The van der Waals surface area contributed by atoms with Crippen LogP contribution in [0.5, 0.6) is 0 Å². The zero-order valence-electron chi connectivity index (χ0n) is 16.8. The lowest BCUT2D eigenvalue weighted by Gasteiger charge is -2.03. The smallest absolute Gasteiger partial charge is 0.249 e. The molecular formula is C21H16N5+. The van der Waals surface area contributed by atoms with Gasteiger partial charge in [-0.3, -0.25) is 0 Å². The van der Waals surface area contributed by atoms with Crippen molar-refractivity contribution >= 4 is 22.2 Å². The molecule has 4 aromatic heterocycles. The van der Waals surface area contributed by atoms with Crippen molar-refractivity contribution in [3.05, 3.63) is 72.6 Å². The largest absolute Gasteiger partial charge is 0.271 e. The lowest BCUT2D eigenvalue weighted by atomic mass is 10.2. The normalized spacial score (nSPS) is 14.8. The summed E-state index contributed by atoms with van der Waals surface area (Å²) in [4.78, 5) is 9.05. The Kier molecular flexibility index (Phi) is 2.06. The van der Waals surface area contributed by atoms with Crippen LogP contribution >= 0.6 is 0 Å². The first-order valence-electron chi connectivity index (χ1n) is 9.99. The van der Waals surface area contributed by atoms with Crippen molar-refractivity contribution in [1.82, 2.24) is 19.1 Å². The molecular weight excluding hydrogens is 322 g/mol. The fourth-order valence-electron chi connectivity index (χ4n) is 4.03. The third-order valence-corrected chi connectivity index (χ3v) is 5.07. The van der Waals surface area contributed by atoms with Crippen LogP contribution in [0, 0.1) is 0 Å². The summed E-state index contributed by atoms with van der Waals surface area (Å²) in [5.74, 6) is 0.889. The van der Waals surface area contributed by atoms with Crippen molar-refractivity contribution in [3.8, 4) is 17.2 Å². The van der Waals surface area contributed by atoms with Crippen molar-refractivity contribution in [3.63, 3.8) is 0 Å². The van der Waals surface area contributed by atoms with E-state index < -0.39 is 6.98 Å². The van der Waals surface area contributed by atoms with E-state index in [2.05, 4.69) is 14.5 Å². The summed E-state index contributed by atoms with van der Waals surface area (Å²) in [6, 6.07) is 17.7. The van der Waals surface area contributed by atoms with Crippen LogP contribution in [0.3, 0.4) is 0 Å². The third-order valence-electron chi connectivity index (χ3n) is 5.07. The zero-order chi connectivity index (χ0) is 19.8. The number of fused-ring (bicyclic) bond motifs is 7. The first kappa shape index (κ1) is 11.2. The average Bonchev–Trinajstić information content (AvgIpc) is 3.34. The van der Waals surface area contributed by atoms with Crippen LogP contribution in [0.25, 0.3) is 39.4 Å². The zero-order valence-corrected chi connectivity index (χ0v) is 13.8. The van der Waals surface area contributed by atoms with Gasteiger partial charge in [0, 0.05) is 18.0 Å². The highest BCUT2D eigenvalue weighted by Crippen LogP contribution is 2.36. The van der Waals surface area contributed by atoms with Crippen molar-refractivity contribution in [1.29, 1.82) is 0 Å². The summed E-state index contributed by atoms with van der Waals surface area (Å²) in [5, 5.41) is 0.807. The number of nitrogens with zero attached hydrogens (tertiary/aromatic N) is 5. The van der Waals surface area contributed by atoms with Crippen LogP contribution in [0.4, 0.5) is 0 Å². The van der Waals surface area contributed by atoms with E-state index >= 15 is 0 Å². The van der Waals surface area contributed by atoms with Crippen LogP contribution in [-0.4, -0.2) is 19.1 Å². The van der Waals surface area contributed by atoms with Gasteiger partial charge in [-0.15, -0.1) is 0 Å². The first-order chi connectivity index (χ1) is 14.1. The molecule has 124 valence electrons. The molecule has 0 amide bonds. The van der Waals surface area contributed by atoms with Gasteiger partial charge in [-0.1, -0.05) is 24.3 Å². The monoisotopic (exact) mass is 341 g/mol. The van der Waals surface area contributed by atoms with Gasteiger partial charge in [0.1, 0.15) is 11.4 Å². The predicted octanol–water partition coefficient (Wildman–Crippen LogP) is 3.23. The summed E-state index contributed by atoms with van der Waals surface area (Å²) in [6.07, 6.45) is 3.41. The molecule has 26 heavy (non-hydrogen) atoms. The van der Waals surface area contributed by atoms with Gasteiger partial charge in [0.15, 0.2) is 5.52 Å². The Balaban J connectivity index is 1.89. The van der Waals surface area contributed by atoms with Gasteiger partial charge in [0.25, 0.3) is 11.5 Å². The number of imidazole rings is 1. The number of rotatable bonds is 1. The molecule has 0 unspecified atom stereocenters. The van der Waals surface area contributed by atoms with Gasteiger partial charge in [0.05, 0.1) is 23.0 Å². The van der Waals surface area contributed by atoms with Gasteiger partial charge < -0.3 is 0 Å². The minimum Gasteiger partial charge on any atom is -0.249 e. The fraction of sp³-hybridized carbons (Fsp3) is 0.0952. The van der Waals surface area contributed by atoms with E-state index in [9.17, 15) is 0 Å². The maximum atomic E-state index is 8.21. The Hall–Kier alpha value is -3.47. The molecule has 0 aliphatic carbocycles. The molecule has 0 saturated carbocycles. The van der Waals surface area contributed by atoms with Crippen LogP contribution < -0.4 is 4.57 Å². The molecule has 0 bridgehead atoms. The van der Waals surface area contributed by atoms with E-state index in [4.69, 9.17) is 4.11 Å². The van der Waals surface area contributed by atoms with Crippen LogP contribution in [0.2, 0.25) is 0 Å². The quantitative estimate of drug-likeness (QED) is 0.431. The predicted molar refractivity (Wildman–Crippen MR) is 100 cm³/mol. The molecule has 6 rings (SSSR count). The third kappa shape index (κ3) is 1.57. The molecule has 0 N–H and O–H groups in total. The minimum absolute atomic E-state index is 0.460. The Morgan fingerprint density at radius 1 is 1.00 bits per heavy atom. The summed E-state index contributed by atoms with van der Waals surface area (Å²) in [6.45, 7) is -1.79. The lowest BCUT2D eigenvalue weighted by molar-refractivity contribution is -0.648. The van der Waals surface area contributed by atoms with Gasteiger partial charge >= 0.3 is 0 Å². The number of aromatic nitrogens is 5. The highest BCUT2D eigenvalue weighted by molar-refractivity contribution is 6.04. The highest BCUT2D eigenvalue weighted by Gasteiger charge is 2.37. The van der Waals surface area contributed by atoms with Crippen molar-refractivity contribution < 1.29 is 8.68 Å². The number of para-hydroxylation sites is 1. The number of hydrogen-bond donors (Lipinski definition) is 0. The average molecular weight is 341 g/mol. The maximum absolute atomic E-state index is 8.21. The van der Waals surface area contributed by atoms with Crippen molar-refractivity contribution in [2.75, 3.05) is 0 Å². The molecule has 5 nitrogen and oxygen atoms in total. The van der Waals surface area contributed by atoms with E-state index in [1.54, 1.807) is 12.4 Å². The Bertz CT molecular complexity index is 1410. The molecule has 5 aromatic rings. The van der Waals surface area contributed by atoms with E-state index in [1.165, 1.54) is 4.57 Å². The maximum Gasteiger partial charge on any atom is 0.271 e. The van der Waals surface area contributed by atoms with Crippen LogP contribution in [0.1, 0.15) is 9.68 Å². The molecule has 5 heteroatoms. The molecule has 0 fully saturated rings. The fourth-order valence-corrected chi connectivity index (χ4v) is 4.03. The number of pyridine rings is 2. The van der Waals surface area contributed by atoms with Gasteiger partial charge in [0.2, 0.25) is 5.65 Å². The van der Waals surface area contributed by atoms with Gasteiger partial charge in [-0.05, 0) is 30.3 Å². The topological polar surface area (TPSA) is 39.5 Å². The number of benzene rings is 1. The van der Waals surface area contributed by atoms with Crippen LogP contribution in [-0.2, 0) is 13.5 Å². The molecule has 1 aliphatic heterocycles. The number of aryl methyl sites for hydroxylation is 1. The Morgan fingerprint density at radius 3 is 2.73 bits per heavy atom. The van der Waals surface area contributed by atoms with Gasteiger partial charge in [-0.25, -0.2) is 23.7 Å². The summed E-state index contributed by atoms with van der Waals surface area (Å²) in [5.41, 5.74) is 4.84. The second-order valence-electron chi connectivity index (χ2n) is 6.47. The molecule has 1 aliphatic rings. The molecule has 5 heterocycles. The molecule has 0 atom stereocenters. The Morgan fingerprint density at radius 2 is 1.85 bits per heavy atom. The summed E-state index contributed by atoms with van der Waals surface area (Å²) >= 11 is 0. The van der Waals surface area contributed by atoms with E-state index in [-0.39, 0.29) is 0 Å². The molecule has 0 saturated heterocycles. The van der Waals surface area contributed by atoms with Crippen molar-refractivity contribution in [2.24, 2.45) is 6.98 Å². The molecule has 0 radical (unpaired) electrons. The SMILES string of the molecule is [2H]C([2H])([2H])n1c2ncccc2c2c1[n+]1c(n2-c2ccccc2)-c2ncccc2C1.